The van der Waals surface area contributed by atoms with Gasteiger partial charge in [0.1, 0.15) is 0 Å². The molecule has 2 aliphatic carbocycles. The number of hydrogen-bond acceptors (Lipinski definition) is 1. The van der Waals surface area contributed by atoms with Gasteiger partial charge in [-0.25, -0.2) is 0 Å². The molecule has 0 spiro atoms. The molecular weight excluding hydrogens is 267 g/mol. The summed E-state index contributed by atoms with van der Waals surface area (Å²) in [5.74, 6) is 1.59. The Hall–Kier alpha value is -0.240. The molecule has 1 unspecified atom stereocenters. The third-order valence-electron chi connectivity index (χ3n) is 4.73. The van der Waals surface area contributed by atoms with Crippen molar-refractivity contribution >= 4 is 23.2 Å². The third-order valence-corrected chi connectivity index (χ3v) is 5.47. The van der Waals surface area contributed by atoms with Gasteiger partial charge in [0.25, 0.3) is 0 Å². The molecule has 0 aliphatic heterocycles. The molecule has 0 bridgehead atoms. The quantitative estimate of drug-likeness (QED) is 0.779. The highest BCUT2D eigenvalue weighted by Gasteiger charge is 2.66. The van der Waals surface area contributed by atoms with Crippen molar-refractivity contribution in [2.24, 2.45) is 11.8 Å². The van der Waals surface area contributed by atoms with Gasteiger partial charge >= 0.3 is 0 Å². The van der Waals surface area contributed by atoms with Gasteiger partial charge in [0.05, 0.1) is 16.7 Å². The molecule has 3 rings (SSSR count). The summed E-state index contributed by atoms with van der Waals surface area (Å²) in [6.45, 7) is 3.67. The maximum Gasteiger partial charge on any atom is 0.0595 e. The van der Waals surface area contributed by atoms with E-state index in [0.717, 1.165) is 25.0 Å². The predicted octanol–water partition coefficient (Wildman–Crippen LogP) is 4.70. The van der Waals surface area contributed by atoms with Crippen molar-refractivity contribution in [3.05, 3.63) is 33.8 Å². The molecule has 1 aromatic rings. The number of benzene rings is 1. The standard InChI is InChI=1S/C15H18Cl2O/c1-2-18-9-15(11-4-3-5-12(11)15)10-6-7-13(16)14(17)8-10/h6-8,11-12H,2-5,9H2,1H3/t11-,12+,15?. The van der Waals surface area contributed by atoms with Crippen molar-refractivity contribution in [1.82, 2.24) is 0 Å². The largest absolute Gasteiger partial charge is 0.381 e. The fraction of sp³-hybridized carbons (Fsp3) is 0.600. The monoisotopic (exact) mass is 284 g/mol. The van der Waals surface area contributed by atoms with Crippen molar-refractivity contribution in [2.45, 2.75) is 31.6 Å². The van der Waals surface area contributed by atoms with Crippen LogP contribution in [-0.2, 0) is 10.2 Å². The van der Waals surface area contributed by atoms with Gasteiger partial charge in [-0.1, -0.05) is 35.7 Å². The zero-order valence-corrected chi connectivity index (χ0v) is 12.1. The highest BCUT2D eigenvalue weighted by molar-refractivity contribution is 6.42. The summed E-state index contributed by atoms with van der Waals surface area (Å²) in [6, 6.07) is 6.09. The molecule has 0 N–H and O–H groups in total. The van der Waals surface area contributed by atoms with Crippen molar-refractivity contribution < 1.29 is 4.74 Å². The lowest BCUT2D eigenvalue weighted by molar-refractivity contribution is 0.113. The van der Waals surface area contributed by atoms with E-state index < -0.39 is 0 Å². The van der Waals surface area contributed by atoms with Crippen LogP contribution < -0.4 is 0 Å². The van der Waals surface area contributed by atoms with Crippen molar-refractivity contribution in [1.29, 1.82) is 0 Å². The minimum Gasteiger partial charge on any atom is -0.381 e. The maximum atomic E-state index is 6.17. The van der Waals surface area contributed by atoms with Crippen LogP contribution in [0.2, 0.25) is 10.0 Å². The SMILES string of the molecule is CCOCC1(c2ccc(Cl)c(Cl)c2)[C@@H]2CCC[C@@H]21. The molecule has 1 aromatic carbocycles. The lowest BCUT2D eigenvalue weighted by Gasteiger charge is -2.22. The Kier molecular flexibility index (Phi) is 3.34. The molecule has 2 aliphatic rings. The van der Waals surface area contributed by atoms with E-state index in [0.29, 0.717) is 10.0 Å². The van der Waals surface area contributed by atoms with Crippen molar-refractivity contribution in [2.75, 3.05) is 13.2 Å². The van der Waals surface area contributed by atoms with Crippen LogP contribution in [0.25, 0.3) is 0 Å². The predicted molar refractivity (Wildman–Crippen MR) is 75.5 cm³/mol. The summed E-state index contributed by atoms with van der Waals surface area (Å²) in [5.41, 5.74) is 1.54. The van der Waals surface area contributed by atoms with Gasteiger partial charge < -0.3 is 4.74 Å². The van der Waals surface area contributed by atoms with E-state index in [4.69, 9.17) is 27.9 Å². The van der Waals surface area contributed by atoms with Gasteiger partial charge in [-0.05, 0) is 49.3 Å². The number of fused-ring (bicyclic) bond motifs is 1. The lowest BCUT2D eigenvalue weighted by Crippen LogP contribution is -2.21. The Morgan fingerprint density at radius 2 is 1.94 bits per heavy atom. The second-order valence-corrected chi connectivity index (χ2v) is 6.26. The Balaban J connectivity index is 1.92. The average Bonchev–Trinajstić information content (AvgIpc) is 2.74. The normalized spacial score (nSPS) is 33.5. The van der Waals surface area contributed by atoms with Gasteiger partial charge in [-0.3, -0.25) is 0 Å². The van der Waals surface area contributed by atoms with Gasteiger partial charge in [0, 0.05) is 12.0 Å². The highest BCUT2D eigenvalue weighted by Crippen LogP contribution is 2.68. The molecule has 2 saturated carbocycles. The van der Waals surface area contributed by atoms with Gasteiger partial charge in [-0.15, -0.1) is 0 Å². The first-order valence-electron chi connectivity index (χ1n) is 6.73. The van der Waals surface area contributed by atoms with E-state index in [1.807, 2.05) is 12.1 Å². The van der Waals surface area contributed by atoms with Crippen LogP contribution in [0.5, 0.6) is 0 Å². The molecule has 2 fully saturated rings. The molecule has 18 heavy (non-hydrogen) atoms. The Labute approximate surface area is 118 Å². The minimum atomic E-state index is 0.225. The van der Waals surface area contributed by atoms with E-state index in [2.05, 4.69) is 13.0 Å². The topological polar surface area (TPSA) is 9.23 Å². The summed E-state index contributed by atoms with van der Waals surface area (Å²) in [4.78, 5) is 0. The molecule has 0 radical (unpaired) electrons. The molecule has 0 saturated heterocycles. The molecule has 0 amide bonds. The molecule has 3 heteroatoms. The molecule has 3 atom stereocenters. The Bertz CT molecular complexity index is 448. The number of rotatable bonds is 4. The Morgan fingerprint density at radius 1 is 1.22 bits per heavy atom. The van der Waals surface area contributed by atoms with Crippen LogP contribution in [0.1, 0.15) is 31.7 Å². The molecule has 98 valence electrons. The van der Waals surface area contributed by atoms with Crippen LogP contribution >= 0.6 is 23.2 Å². The maximum absolute atomic E-state index is 6.17. The number of halogens is 2. The Morgan fingerprint density at radius 3 is 2.56 bits per heavy atom. The summed E-state index contributed by atoms with van der Waals surface area (Å²) in [5, 5.41) is 1.30. The summed E-state index contributed by atoms with van der Waals surface area (Å²) in [7, 11) is 0. The van der Waals surface area contributed by atoms with E-state index in [-0.39, 0.29) is 5.41 Å². The first kappa shape index (κ1) is 12.8. The first-order valence-corrected chi connectivity index (χ1v) is 7.49. The van der Waals surface area contributed by atoms with E-state index in [9.17, 15) is 0 Å². The fourth-order valence-electron chi connectivity index (χ4n) is 3.86. The smallest absolute Gasteiger partial charge is 0.0595 e. The number of ether oxygens (including phenoxy) is 1. The minimum absolute atomic E-state index is 0.225. The summed E-state index contributed by atoms with van der Waals surface area (Å²) >= 11 is 12.2. The molecule has 0 heterocycles. The van der Waals surface area contributed by atoms with Crippen molar-refractivity contribution in [3.63, 3.8) is 0 Å². The average molecular weight is 285 g/mol. The summed E-state index contributed by atoms with van der Waals surface area (Å²) < 4.78 is 5.75. The second-order valence-electron chi connectivity index (χ2n) is 5.45. The van der Waals surface area contributed by atoms with Crippen LogP contribution in [-0.4, -0.2) is 13.2 Å². The van der Waals surface area contributed by atoms with E-state index in [1.54, 1.807) is 0 Å². The first-order chi connectivity index (χ1) is 8.70. The molecular formula is C15H18Cl2O. The molecule has 1 nitrogen and oxygen atoms in total. The lowest BCUT2D eigenvalue weighted by atomic mass is 9.88. The van der Waals surface area contributed by atoms with Crippen LogP contribution in [0.15, 0.2) is 18.2 Å². The van der Waals surface area contributed by atoms with Crippen molar-refractivity contribution in [3.8, 4) is 0 Å². The third kappa shape index (κ3) is 1.79. The number of hydrogen-bond donors (Lipinski definition) is 0. The molecule has 0 aromatic heterocycles. The van der Waals surface area contributed by atoms with E-state index >= 15 is 0 Å². The van der Waals surface area contributed by atoms with Crippen LogP contribution in [0.3, 0.4) is 0 Å². The van der Waals surface area contributed by atoms with Gasteiger partial charge in [0.15, 0.2) is 0 Å². The summed E-state index contributed by atoms with van der Waals surface area (Å²) in [6.07, 6.45) is 4.03. The zero-order chi connectivity index (χ0) is 12.8. The highest BCUT2D eigenvalue weighted by atomic mass is 35.5. The van der Waals surface area contributed by atoms with Gasteiger partial charge in [-0.2, -0.15) is 0 Å². The van der Waals surface area contributed by atoms with E-state index in [1.165, 1.54) is 24.8 Å². The zero-order valence-electron chi connectivity index (χ0n) is 10.6. The van der Waals surface area contributed by atoms with Gasteiger partial charge in [0.2, 0.25) is 0 Å². The van der Waals surface area contributed by atoms with Crippen LogP contribution in [0.4, 0.5) is 0 Å². The second kappa shape index (κ2) is 4.70. The fourth-order valence-corrected chi connectivity index (χ4v) is 4.16. The van der Waals surface area contributed by atoms with Crippen LogP contribution in [0, 0.1) is 11.8 Å².